The molecule has 1 aliphatic heterocycles. The maximum absolute atomic E-state index is 12.7. The molecule has 34 heavy (non-hydrogen) atoms. The van der Waals surface area contributed by atoms with Crippen LogP contribution in [-0.2, 0) is 24.2 Å². The lowest BCUT2D eigenvalue weighted by Crippen LogP contribution is -2.42. The summed E-state index contributed by atoms with van der Waals surface area (Å²) in [6.45, 7) is 2.18. The number of nitrogens with zero attached hydrogens (tertiary/aromatic N) is 1. The van der Waals surface area contributed by atoms with Gasteiger partial charge in [0, 0.05) is 19.6 Å². The van der Waals surface area contributed by atoms with Crippen LogP contribution in [0.2, 0.25) is 0 Å². The number of fused-ring (bicyclic) bond motifs is 1. The van der Waals surface area contributed by atoms with Crippen molar-refractivity contribution in [3.05, 3.63) is 89.0 Å². The van der Waals surface area contributed by atoms with E-state index in [4.69, 9.17) is 14.2 Å². The van der Waals surface area contributed by atoms with Gasteiger partial charge in [-0.2, -0.15) is 0 Å². The van der Waals surface area contributed by atoms with Crippen molar-refractivity contribution in [2.75, 3.05) is 34.4 Å². The van der Waals surface area contributed by atoms with Crippen molar-refractivity contribution in [2.45, 2.75) is 25.4 Å². The molecule has 6 heteroatoms. The van der Waals surface area contributed by atoms with Crippen LogP contribution < -0.4 is 19.5 Å². The van der Waals surface area contributed by atoms with Gasteiger partial charge < -0.3 is 19.5 Å². The number of nitrogens with one attached hydrogen (secondary N) is 1. The summed E-state index contributed by atoms with van der Waals surface area (Å²) in [5, 5.41) is 3.17. The molecule has 0 bridgehead atoms. The number of carbonyl (C=O) groups is 1. The Morgan fingerprint density at radius 2 is 1.62 bits per heavy atom. The lowest BCUT2D eigenvalue weighted by molar-refractivity contribution is -0.120. The van der Waals surface area contributed by atoms with Crippen molar-refractivity contribution in [2.24, 2.45) is 0 Å². The molecule has 0 radical (unpaired) electrons. The Morgan fingerprint density at radius 1 is 0.912 bits per heavy atom. The third kappa shape index (κ3) is 5.51. The van der Waals surface area contributed by atoms with E-state index in [2.05, 4.69) is 34.5 Å². The molecular weight excluding hydrogens is 428 g/mol. The number of benzene rings is 3. The van der Waals surface area contributed by atoms with Gasteiger partial charge in [0.05, 0.1) is 33.8 Å². The Balaban J connectivity index is 1.57. The molecule has 1 amide bonds. The van der Waals surface area contributed by atoms with Gasteiger partial charge in [0.15, 0.2) is 11.5 Å². The summed E-state index contributed by atoms with van der Waals surface area (Å²) < 4.78 is 16.4. The molecule has 1 heterocycles. The van der Waals surface area contributed by atoms with Crippen LogP contribution in [0.5, 0.6) is 17.2 Å². The van der Waals surface area contributed by atoms with Crippen molar-refractivity contribution in [3.8, 4) is 17.2 Å². The van der Waals surface area contributed by atoms with Gasteiger partial charge in [-0.3, -0.25) is 9.69 Å². The lowest BCUT2D eigenvalue weighted by atomic mass is 9.91. The number of ether oxygens (including phenoxy) is 3. The summed E-state index contributed by atoms with van der Waals surface area (Å²) in [6.07, 6.45) is 1.27. The first-order valence-corrected chi connectivity index (χ1v) is 11.5. The van der Waals surface area contributed by atoms with E-state index in [0.29, 0.717) is 18.7 Å². The van der Waals surface area contributed by atoms with Crippen LogP contribution >= 0.6 is 0 Å². The molecule has 0 aromatic heterocycles. The third-order valence-electron chi connectivity index (χ3n) is 6.36. The second-order valence-electron chi connectivity index (χ2n) is 8.46. The number of hydrogen-bond donors (Lipinski definition) is 1. The molecule has 3 aromatic carbocycles. The first kappa shape index (κ1) is 23.6. The monoisotopic (exact) mass is 460 g/mol. The Morgan fingerprint density at radius 3 is 2.29 bits per heavy atom. The topological polar surface area (TPSA) is 60.0 Å². The first-order chi connectivity index (χ1) is 16.6. The average molecular weight is 461 g/mol. The van der Waals surface area contributed by atoms with Crippen LogP contribution in [0.15, 0.2) is 66.7 Å². The predicted octanol–water partition coefficient (Wildman–Crippen LogP) is 4.17. The van der Waals surface area contributed by atoms with Gasteiger partial charge in [0.1, 0.15) is 5.75 Å². The van der Waals surface area contributed by atoms with Crippen molar-refractivity contribution in [1.82, 2.24) is 10.2 Å². The molecule has 1 atom stereocenters. The fourth-order valence-electron chi connectivity index (χ4n) is 4.53. The van der Waals surface area contributed by atoms with Crippen LogP contribution in [0.1, 0.15) is 28.3 Å². The van der Waals surface area contributed by atoms with E-state index in [1.165, 1.54) is 11.1 Å². The maximum Gasteiger partial charge on any atom is 0.224 e. The van der Waals surface area contributed by atoms with E-state index >= 15 is 0 Å². The van der Waals surface area contributed by atoms with Crippen molar-refractivity contribution < 1.29 is 19.0 Å². The number of rotatable bonds is 9. The van der Waals surface area contributed by atoms with Crippen LogP contribution in [0.4, 0.5) is 0 Å². The SMILES string of the molecule is COc1ccc(CN2CCc3cc(OC)c(OC)cc3C2CNC(=O)Cc2ccccc2)cc1. The minimum absolute atomic E-state index is 0.0168. The average Bonchev–Trinajstić information content (AvgIpc) is 2.88. The zero-order chi connectivity index (χ0) is 23.9. The summed E-state index contributed by atoms with van der Waals surface area (Å²) in [5.41, 5.74) is 4.60. The molecule has 1 N–H and O–H groups in total. The van der Waals surface area contributed by atoms with Crippen molar-refractivity contribution in [3.63, 3.8) is 0 Å². The summed E-state index contributed by atoms with van der Waals surface area (Å²) in [6, 6.07) is 22.1. The minimum Gasteiger partial charge on any atom is -0.497 e. The van der Waals surface area contributed by atoms with Gasteiger partial charge in [0.25, 0.3) is 0 Å². The summed E-state index contributed by atoms with van der Waals surface area (Å²) >= 11 is 0. The quantitative estimate of drug-likeness (QED) is 0.519. The zero-order valence-corrected chi connectivity index (χ0v) is 20.0. The van der Waals surface area contributed by atoms with Gasteiger partial charge in [-0.1, -0.05) is 42.5 Å². The number of carbonyl (C=O) groups excluding carboxylic acids is 1. The smallest absolute Gasteiger partial charge is 0.224 e. The molecule has 0 spiro atoms. The molecule has 4 rings (SSSR count). The van der Waals surface area contributed by atoms with E-state index in [-0.39, 0.29) is 11.9 Å². The Bertz CT molecular complexity index is 1100. The number of methoxy groups -OCH3 is 3. The highest BCUT2D eigenvalue weighted by Crippen LogP contribution is 2.38. The standard InChI is InChI=1S/C28H32N2O4/c1-32-23-11-9-21(10-12-23)19-30-14-13-22-16-26(33-2)27(34-3)17-24(22)25(30)18-29-28(31)15-20-7-5-4-6-8-20/h4-12,16-17,25H,13-15,18-19H2,1-3H3,(H,29,31). The fourth-order valence-corrected chi connectivity index (χ4v) is 4.53. The number of amides is 1. The van der Waals surface area contributed by atoms with E-state index in [1.807, 2.05) is 42.5 Å². The van der Waals surface area contributed by atoms with E-state index in [9.17, 15) is 4.79 Å². The Labute approximate surface area is 201 Å². The third-order valence-corrected chi connectivity index (χ3v) is 6.36. The van der Waals surface area contributed by atoms with Crippen LogP contribution in [0.3, 0.4) is 0 Å². The second-order valence-corrected chi connectivity index (χ2v) is 8.46. The van der Waals surface area contributed by atoms with E-state index in [1.54, 1.807) is 21.3 Å². The highest BCUT2D eigenvalue weighted by Gasteiger charge is 2.29. The molecule has 6 nitrogen and oxygen atoms in total. The molecule has 0 aliphatic carbocycles. The predicted molar refractivity (Wildman–Crippen MR) is 133 cm³/mol. The highest BCUT2D eigenvalue weighted by atomic mass is 16.5. The maximum atomic E-state index is 12.7. The minimum atomic E-state index is 0.0168. The molecule has 1 unspecified atom stereocenters. The molecule has 1 aliphatic rings. The van der Waals surface area contributed by atoms with Crippen LogP contribution in [-0.4, -0.2) is 45.2 Å². The summed E-state index contributed by atoms with van der Waals surface area (Å²) in [7, 11) is 4.98. The molecular formula is C28H32N2O4. The van der Waals surface area contributed by atoms with E-state index in [0.717, 1.165) is 42.1 Å². The van der Waals surface area contributed by atoms with Gasteiger partial charge in [-0.15, -0.1) is 0 Å². The van der Waals surface area contributed by atoms with E-state index < -0.39 is 0 Å². The summed E-state index contributed by atoms with van der Waals surface area (Å²) in [4.78, 5) is 15.2. The van der Waals surface area contributed by atoms with Crippen LogP contribution in [0.25, 0.3) is 0 Å². The van der Waals surface area contributed by atoms with Gasteiger partial charge in [-0.05, 0) is 52.9 Å². The van der Waals surface area contributed by atoms with Crippen LogP contribution in [0, 0.1) is 0 Å². The first-order valence-electron chi connectivity index (χ1n) is 11.5. The number of hydrogen-bond acceptors (Lipinski definition) is 5. The van der Waals surface area contributed by atoms with Crippen molar-refractivity contribution >= 4 is 5.91 Å². The normalized spacial score (nSPS) is 15.3. The van der Waals surface area contributed by atoms with Gasteiger partial charge >= 0.3 is 0 Å². The largest absolute Gasteiger partial charge is 0.497 e. The fraction of sp³-hybridized carbons (Fsp3) is 0.321. The second kappa shape index (κ2) is 11.1. The molecule has 0 fully saturated rings. The molecule has 0 saturated heterocycles. The van der Waals surface area contributed by atoms with Gasteiger partial charge in [0.2, 0.25) is 5.91 Å². The summed E-state index contributed by atoms with van der Waals surface area (Å²) in [5.74, 6) is 2.29. The van der Waals surface area contributed by atoms with Gasteiger partial charge in [-0.25, -0.2) is 0 Å². The highest BCUT2D eigenvalue weighted by molar-refractivity contribution is 5.78. The molecule has 3 aromatic rings. The lowest BCUT2D eigenvalue weighted by Gasteiger charge is -2.38. The zero-order valence-electron chi connectivity index (χ0n) is 20.0. The Hall–Kier alpha value is -3.51. The van der Waals surface area contributed by atoms with Crippen molar-refractivity contribution in [1.29, 1.82) is 0 Å². The Kier molecular flexibility index (Phi) is 7.70. The molecule has 0 saturated carbocycles. The molecule has 178 valence electrons.